The maximum Gasteiger partial charge on any atom is 0.280 e. The van der Waals surface area contributed by atoms with Gasteiger partial charge in [-0.3, -0.25) is 9.59 Å². The normalized spacial score (nSPS) is 21.4. The molecule has 0 aliphatic heterocycles. The molecule has 18 heteroatoms. The van der Waals surface area contributed by atoms with Crippen LogP contribution in [0.4, 0.5) is 0 Å². The Bertz CT molecular complexity index is 2140. The molecule has 2 fully saturated rings. The van der Waals surface area contributed by atoms with E-state index in [-0.39, 0.29) is 43.2 Å². The molecular formula is C31H42ClN3O10S4. The van der Waals surface area contributed by atoms with E-state index in [0.717, 1.165) is 50.3 Å². The quantitative estimate of drug-likeness (QED) is 0.223. The van der Waals surface area contributed by atoms with Crippen molar-refractivity contribution in [1.82, 2.24) is 0 Å². The van der Waals surface area contributed by atoms with Gasteiger partial charge in [-0.15, -0.1) is 0 Å². The van der Waals surface area contributed by atoms with Crippen LogP contribution in [-0.4, -0.2) is 73.8 Å². The summed E-state index contributed by atoms with van der Waals surface area (Å²) in [7, 11) is -15.4. The standard InChI is InChI=1S/C16H23N3O5S2.C15H19ClO5S2/c1-9-5-4-6-12(9)26(23,24)14-7-10(2)11(15(20)19-16(17)18)8-13(14)25(3,21)22;1-9-5-4-6-12(9)23(20,21)14-7-10(2)11(15(16)17)8-13(14)22(3,18)19/h7-9,12H,4-6H2,1-3H3,(H4,17,18,19,20);7-9,12H,4-6H2,1-3H3. The van der Waals surface area contributed by atoms with Crippen LogP contribution in [0.15, 0.2) is 48.8 Å². The van der Waals surface area contributed by atoms with Gasteiger partial charge in [-0.05, 0) is 98.4 Å². The Morgan fingerprint density at radius 1 is 0.653 bits per heavy atom. The van der Waals surface area contributed by atoms with Gasteiger partial charge in [0.05, 0.1) is 30.1 Å². The Kier molecular flexibility index (Phi) is 12.2. The minimum atomic E-state index is -3.91. The number of rotatable bonds is 8. The number of nitrogens with two attached hydrogens (primary N) is 2. The third-order valence-electron chi connectivity index (χ3n) is 9.03. The highest BCUT2D eigenvalue weighted by atomic mass is 35.5. The zero-order chi connectivity index (χ0) is 37.4. The number of carbonyl (C=O) groups excluding carboxylic acids is 2. The Morgan fingerprint density at radius 3 is 1.33 bits per heavy atom. The van der Waals surface area contributed by atoms with Gasteiger partial charge in [0.1, 0.15) is 0 Å². The molecule has 272 valence electrons. The molecule has 0 heterocycles. The number of benzene rings is 2. The second-order valence-corrected chi connectivity index (χ2v) is 21.5. The molecule has 2 saturated carbocycles. The first-order valence-corrected chi connectivity index (χ1v) is 22.6. The molecule has 4 unspecified atom stereocenters. The zero-order valence-corrected chi connectivity index (χ0v) is 32.1. The molecule has 13 nitrogen and oxygen atoms in total. The number of hydrogen-bond acceptors (Lipinski definition) is 10. The SMILES string of the molecule is Cc1cc(S(=O)(=O)C2CCCC2C)c(S(C)(=O)=O)cc1C(=O)Cl.Cc1cc(S(=O)(=O)C2CCCC2C)c(S(C)(=O)=O)cc1C(=O)N=C(N)N. The molecule has 2 aliphatic carbocycles. The van der Waals surface area contributed by atoms with E-state index in [9.17, 15) is 43.3 Å². The molecule has 2 aromatic carbocycles. The van der Waals surface area contributed by atoms with Crippen LogP contribution < -0.4 is 11.5 Å². The fourth-order valence-corrected chi connectivity index (χ4v) is 14.2. The number of aliphatic imine (C=N–C) groups is 1. The highest BCUT2D eigenvalue weighted by molar-refractivity contribution is 7.95. The van der Waals surface area contributed by atoms with Crippen molar-refractivity contribution in [1.29, 1.82) is 0 Å². The number of aryl methyl sites for hydroxylation is 2. The average Bonchev–Trinajstić information content (AvgIpc) is 3.59. The van der Waals surface area contributed by atoms with Crippen molar-refractivity contribution < 1.29 is 43.3 Å². The van der Waals surface area contributed by atoms with Crippen molar-refractivity contribution >= 4 is 68.1 Å². The van der Waals surface area contributed by atoms with Crippen LogP contribution in [0, 0.1) is 25.7 Å². The van der Waals surface area contributed by atoms with Crippen LogP contribution in [-0.2, 0) is 39.3 Å². The molecule has 4 N–H and O–H groups in total. The minimum Gasteiger partial charge on any atom is -0.370 e. The maximum atomic E-state index is 13.1. The molecule has 1 amide bonds. The van der Waals surface area contributed by atoms with Crippen molar-refractivity contribution in [2.24, 2.45) is 28.3 Å². The second-order valence-electron chi connectivity index (χ2n) is 12.9. The lowest BCUT2D eigenvalue weighted by atomic mass is 10.1. The third kappa shape index (κ3) is 8.90. The van der Waals surface area contributed by atoms with Crippen molar-refractivity contribution in [3.05, 3.63) is 46.5 Å². The summed E-state index contributed by atoms with van der Waals surface area (Å²) in [5.74, 6) is -1.38. The first-order chi connectivity index (χ1) is 22.3. The number of carbonyl (C=O) groups is 2. The van der Waals surface area contributed by atoms with Gasteiger partial charge >= 0.3 is 0 Å². The predicted octanol–water partition coefficient (Wildman–Crippen LogP) is 3.51. The van der Waals surface area contributed by atoms with Crippen LogP contribution in [0.1, 0.15) is 84.2 Å². The van der Waals surface area contributed by atoms with Crippen LogP contribution in [0.5, 0.6) is 0 Å². The zero-order valence-electron chi connectivity index (χ0n) is 28.1. The van der Waals surface area contributed by atoms with Gasteiger partial charge in [-0.2, -0.15) is 4.99 Å². The number of amides is 1. The van der Waals surface area contributed by atoms with E-state index in [1.165, 1.54) is 19.1 Å². The lowest BCUT2D eigenvalue weighted by Gasteiger charge is -2.19. The number of halogens is 1. The highest BCUT2D eigenvalue weighted by Gasteiger charge is 2.40. The van der Waals surface area contributed by atoms with E-state index in [2.05, 4.69) is 4.99 Å². The van der Waals surface area contributed by atoms with Crippen molar-refractivity contribution in [2.45, 2.75) is 96.3 Å². The van der Waals surface area contributed by atoms with Gasteiger partial charge in [0.25, 0.3) is 11.1 Å². The van der Waals surface area contributed by atoms with E-state index in [4.69, 9.17) is 23.1 Å². The minimum absolute atomic E-state index is 0.00510. The topological polar surface area (TPSA) is 235 Å². The summed E-state index contributed by atoms with van der Waals surface area (Å²) in [6.07, 6.45) is 5.99. The fourth-order valence-electron chi connectivity index (χ4n) is 6.44. The summed E-state index contributed by atoms with van der Waals surface area (Å²) < 4.78 is 101. The Morgan fingerprint density at radius 2 is 1.02 bits per heavy atom. The molecule has 0 radical (unpaired) electrons. The molecule has 49 heavy (non-hydrogen) atoms. The Labute approximate surface area is 293 Å². The molecular weight excluding hydrogens is 738 g/mol. The summed E-state index contributed by atoms with van der Waals surface area (Å²) in [4.78, 5) is 25.7. The average molecular weight is 780 g/mol. The molecule has 2 aliphatic rings. The van der Waals surface area contributed by atoms with Gasteiger partial charge < -0.3 is 11.5 Å². The van der Waals surface area contributed by atoms with E-state index in [1.54, 1.807) is 6.92 Å². The molecule has 0 saturated heterocycles. The van der Waals surface area contributed by atoms with Crippen LogP contribution >= 0.6 is 11.6 Å². The molecule has 2 aromatic rings. The molecule has 0 bridgehead atoms. The molecule has 0 spiro atoms. The summed E-state index contributed by atoms with van der Waals surface area (Å²) in [5.41, 5.74) is 11.0. The summed E-state index contributed by atoms with van der Waals surface area (Å²) >= 11 is 5.46. The van der Waals surface area contributed by atoms with Crippen LogP contribution in [0.3, 0.4) is 0 Å². The van der Waals surface area contributed by atoms with E-state index < -0.39 is 71.9 Å². The second kappa shape index (κ2) is 14.8. The van der Waals surface area contributed by atoms with Gasteiger partial charge in [0.2, 0.25) is 0 Å². The maximum absolute atomic E-state index is 13.1. The van der Waals surface area contributed by atoms with Crippen molar-refractivity contribution in [3.8, 4) is 0 Å². The number of guanidine groups is 1. The first kappa shape index (κ1) is 40.6. The van der Waals surface area contributed by atoms with Gasteiger partial charge in [-0.1, -0.05) is 26.7 Å². The third-order valence-corrected chi connectivity index (χ3v) is 16.7. The number of hydrogen-bond donors (Lipinski definition) is 2. The number of sulfone groups is 4. The lowest BCUT2D eigenvalue weighted by molar-refractivity contribution is 0.100. The Balaban J connectivity index is 0.000000267. The monoisotopic (exact) mass is 779 g/mol. The number of nitrogens with zero attached hydrogens (tertiary/aromatic N) is 1. The molecule has 4 atom stereocenters. The van der Waals surface area contributed by atoms with Gasteiger partial charge in [0, 0.05) is 23.6 Å². The molecule has 4 rings (SSSR count). The van der Waals surface area contributed by atoms with E-state index >= 15 is 0 Å². The first-order valence-electron chi connectivity index (χ1n) is 15.3. The van der Waals surface area contributed by atoms with Gasteiger partial charge in [-0.25, -0.2) is 33.7 Å². The van der Waals surface area contributed by atoms with Crippen LogP contribution in [0.2, 0.25) is 0 Å². The largest absolute Gasteiger partial charge is 0.370 e. The van der Waals surface area contributed by atoms with Crippen molar-refractivity contribution in [2.75, 3.05) is 12.5 Å². The smallest absolute Gasteiger partial charge is 0.280 e. The van der Waals surface area contributed by atoms with E-state index in [1.807, 2.05) is 13.8 Å². The van der Waals surface area contributed by atoms with Crippen LogP contribution in [0.25, 0.3) is 0 Å². The summed E-state index contributed by atoms with van der Waals surface area (Å²) in [5, 5.41) is -2.05. The molecule has 0 aromatic heterocycles. The van der Waals surface area contributed by atoms with Crippen molar-refractivity contribution in [3.63, 3.8) is 0 Å². The lowest BCUT2D eigenvalue weighted by Crippen LogP contribution is -2.26. The van der Waals surface area contributed by atoms with Gasteiger partial charge in [0.15, 0.2) is 45.3 Å². The summed E-state index contributed by atoms with van der Waals surface area (Å²) in [6.45, 7) is 6.76. The fraction of sp³-hybridized carbons (Fsp3) is 0.516. The predicted molar refractivity (Wildman–Crippen MR) is 187 cm³/mol. The van der Waals surface area contributed by atoms with E-state index in [0.29, 0.717) is 18.4 Å². The summed E-state index contributed by atoms with van der Waals surface area (Å²) in [6, 6.07) is 4.61. The Hall–Kier alpha value is -2.86. The highest BCUT2D eigenvalue weighted by Crippen LogP contribution is 2.39.